The molecule has 9 nitrogen and oxygen atoms in total. The van der Waals surface area contributed by atoms with Gasteiger partial charge in [0.1, 0.15) is 5.56 Å². The average Bonchev–Trinajstić information content (AvgIpc) is 2.64. The number of aromatic nitrogens is 2. The van der Waals surface area contributed by atoms with E-state index in [-0.39, 0.29) is 15.4 Å². The Morgan fingerprint density at radius 1 is 0.964 bits per heavy atom. The summed E-state index contributed by atoms with van der Waals surface area (Å²) in [5, 5.41) is 13.4. The van der Waals surface area contributed by atoms with Crippen molar-refractivity contribution in [3.63, 3.8) is 0 Å². The van der Waals surface area contributed by atoms with E-state index in [0.29, 0.717) is 5.69 Å². The molecule has 2 aromatic carbocycles. The van der Waals surface area contributed by atoms with Crippen molar-refractivity contribution in [2.75, 3.05) is 5.43 Å². The zero-order valence-electron chi connectivity index (χ0n) is 14.6. The Bertz CT molecular complexity index is 1240. The van der Waals surface area contributed by atoms with Crippen LogP contribution in [0.4, 0.5) is 5.69 Å². The van der Waals surface area contributed by atoms with Gasteiger partial charge in [-0.1, -0.05) is 17.7 Å². The molecule has 10 heteroatoms. The third-order valence-corrected chi connectivity index (χ3v) is 5.63. The molecule has 1 aromatic heterocycles. The second kappa shape index (κ2) is 7.53. The third kappa shape index (κ3) is 4.01. The summed E-state index contributed by atoms with van der Waals surface area (Å²) in [6, 6.07) is 12.4. The molecule has 1 heterocycles. The number of nitrogens with one attached hydrogen (secondary N) is 3. The van der Waals surface area contributed by atoms with Gasteiger partial charge in [0.15, 0.2) is 0 Å². The monoisotopic (exact) mass is 400 g/mol. The molecule has 0 spiro atoms. The van der Waals surface area contributed by atoms with Crippen LogP contribution >= 0.6 is 0 Å². The van der Waals surface area contributed by atoms with Crippen LogP contribution in [0.15, 0.2) is 73.0 Å². The standard InChI is InChI=1S/C18H16N4O5S/c1-11-2-6-13(7-3-11)28(26,27)14-8-4-12(5-9-14)22-19-10-15-16(23)20-18(25)21-17(15)24/h2-10,22H,1H3,(H3,20,21,23,24,25). The lowest BCUT2D eigenvalue weighted by molar-refractivity contribution is 0.447. The molecule has 3 aromatic rings. The second-order valence-corrected chi connectivity index (χ2v) is 7.83. The molecular formula is C18H16N4O5S. The Balaban J connectivity index is 1.77. The van der Waals surface area contributed by atoms with Crippen LogP contribution in [-0.4, -0.2) is 29.7 Å². The molecule has 0 saturated carbocycles. The number of aromatic hydroxyl groups is 1. The fourth-order valence-electron chi connectivity index (χ4n) is 2.34. The quantitative estimate of drug-likeness (QED) is 0.376. The molecule has 0 aliphatic heterocycles. The number of H-pyrrole nitrogens is 2. The molecule has 28 heavy (non-hydrogen) atoms. The minimum atomic E-state index is -3.63. The fourth-order valence-corrected chi connectivity index (χ4v) is 3.60. The third-order valence-electron chi connectivity index (χ3n) is 3.84. The number of hydrogen-bond donors (Lipinski definition) is 4. The number of aromatic amines is 2. The molecule has 0 fully saturated rings. The van der Waals surface area contributed by atoms with Crippen LogP contribution in [0, 0.1) is 6.92 Å². The highest BCUT2D eigenvalue weighted by Gasteiger charge is 2.17. The normalized spacial score (nSPS) is 11.6. The van der Waals surface area contributed by atoms with Crippen molar-refractivity contribution >= 4 is 21.7 Å². The van der Waals surface area contributed by atoms with Crippen molar-refractivity contribution in [1.29, 1.82) is 0 Å². The van der Waals surface area contributed by atoms with Crippen LogP contribution in [0.2, 0.25) is 0 Å². The summed E-state index contributed by atoms with van der Waals surface area (Å²) in [7, 11) is -3.63. The van der Waals surface area contributed by atoms with E-state index in [1.54, 1.807) is 24.3 Å². The first-order valence-corrected chi connectivity index (χ1v) is 9.52. The Morgan fingerprint density at radius 2 is 1.54 bits per heavy atom. The predicted molar refractivity (Wildman–Crippen MR) is 104 cm³/mol. The van der Waals surface area contributed by atoms with E-state index in [1.165, 1.54) is 24.3 Å². The summed E-state index contributed by atoms with van der Waals surface area (Å²) >= 11 is 0. The molecule has 0 unspecified atom stereocenters. The van der Waals surface area contributed by atoms with Gasteiger partial charge < -0.3 is 5.11 Å². The van der Waals surface area contributed by atoms with Crippen LogP contribution in [0.1, 0.15) is 11.1 Å². The lowest BCUT2D eigenvalue weighted by Gasteiger charge is -2.06. The number of nitrogens with zero attached hydrogens (tertiary/aromatic N) is 1. The zero-order chi connectivity index (χ0) is 20.3. The minimum Gasteiger partial charge on any atom is -0.494 e. The van der Waals surface area contributed by atoms with Crippen LogP contribution in [-0.2, 0) is 9.84 Å². The van der Waals surface area contributed by atoms with Gasteiger partial charge in [-0.25, -0.2) is 13.2 Å². The van der Waals surface area contributed by atoms with E-state index in [4.69, 9.17) is 0 Å². The smallest absolute Gasteiger partial charge is 0.328 e. The number of hydrazone groups is 1. The second-order valence-electron chi connectivity index (χ2n) is 5.88. The lowest BCUT2D eigenvalue weighted by atomic mass is 10.2. The van der Waals surface area contributed by atoms with Crippen molar-refractivity contribution in [2.45, 2.75) is 16.7 Å². The first-order chi connectivity index (χ1) is 13.3. The Morgan fingerprint density at radius 3 is 2.11 bits per heavy atom. The van der Waals surface area contributed by atoms with Gasteiger partial charge in [-0.05, 0) is 43.3 Å². The van der Waals surface area contributed by atoms with Gasteiger partial charge in [0.25, 0.3) is 5.56 Å². The number of anilines is 1. The summed E-state index contributed by atoms with van der Waals surface area (Å²) in [6.07, 6.45) is 1.03. The zero-order valence-corrected chi connectivity index (χ0v) is 15.4. The van der Waals surface area contributed by atoms with Crippen molar-refractivity contribution < 1.29 is 13.5 Å². The van der Waals surface area contributed by atoms with Gasteiger partial charge in [-0.3, -0.25) is 20.2 Å². The maximum atomic E-state index is 12.6. The number of aryl methyl sites for hydroxylation is 1. The topological polar surface area (TPSA) is 144 Å². The highest BCUT2D eigenvalue weighted by atomic mass is 32.2. The number of sulfone groups is 1. The summed E-state index contributed by atoms with van der Waals surface area (Å²) in [6.45, 7) is 1.87. The van der Waals surface area contributed by atoms with E-state index < -0.39 is 27.0 Å². The summed E-state index contributed by atoms with van der Waals surface area (Å²) in [5.74, 6) is -0.612. The van der Waals surface area contributed by atoms with Crippen LogP contribution in [0.5, 0.6) is 5.88 Å². The van der Waals surface area contributed by atoms with Gasteiger partial charge >= 0.3 is 5.69 Å². The molecule has 0 bridgehead atoms. The molecule has 3 rings (SSSR count). The van der Waals surface area contributed by atoms with Gasteiger partial charge in [0.2, 0.25) is 15.7 Å². The van der Waals surface area contributed by atoms with Crippen molar-refractivity contribution in [3.05, 3.63) is 80.5 Å². The van der Waals surface area contributed by atoms with Crippen LogP contribution < -0.4 is 16.7 Å². The van der Waals surface area contributed by atoms with E-state index in [0.717, 1.165) is 11.8 Å². The maximum Gasteiger partial charge on any atom is 0.328 e. The van der Waals surface area contributed by atoms with Crippen molar-refractivity contribution in [1.82, 2.24) is 9.97 Å². The van der Waals surface area contributed by atoms with Gasteiger partial charge in [-0.2, -0.15) is 5.10 Å². The fraction of sp³-hybridized carbons (Fsp3) is 0.0556. The Kier molecular flexibility index (Phi) is 5.14. The largest absolute Gasteiger partial charge is 0.494 e. The molecule has 0 saturated heterocycles. The van der Waals surface area contributed by atoms with Crippen molar-refractivity contribution in [3.8, 4) is 5.88 Å². The molecule has 144 valence electrons. The summed E-state index contributed by atoms with van der Waals surface area (Å²) < 4.78 is 25.2. The molecular weight excluding hydrogens is 384 g/mol. The summed E-state index contributed by atoms with van der Waals surface area (Å²) in [5.41, 5.74) is 2.16. The Labute approximate surface area is 159 Å². The molecule has 0 aliphatic rings. The van der Waals surface area contributed by atoms with Crippen LogP contribution in [0.25, 0.3) is 0 Å². The average molecular weight is 400 g/mol. The van der Waals surface area contributed by atoms with Gasteiger partial charge in [0, 0.05) is 0 Å². The number of benzene rings is 2. The first-order valence-electron chi connectivity index (χ1n) is 8.04. The van der Waals surface area contributed by atoms with E-state index in [9.17, 15) is 23.1 Å². The molecule has 0 amide bonds. The predicted octanol–water partition coefficient (Wildman–Crippen LogP) is 1.36. The Hall–Kier alpha value is -3.66. The first kappa shape index (κ1) is 19.1. The lowest BCUT2D eigenvalue weighted by Crippen LogP contribution is -2.25. The molecule has 0 aliphatic carbocycles. The van der Waals surface area contributed by atoms with Gasteiger partial charge in [0.05, 0.1) is 21.7 Å². The highest BCUT2D eigenvalue weighted by molar-refractivity contribution is 7.91. The molecule has 0 atom stereocenters. The molecule has 0 radical (unpaired) electrons. The number of hydrogen-bond acceptors (Lipinski definition) is 7. The number of rotatable bonds is 5. The SMILES string of the molecule is Cc1ccc(S(=O)(=O)c2ccc(NN=Cc3c(O)[nH]c(=O)[nH]c3=O)cc2)cc1. The minimum absolute atomic E-state index is 0.126. The molecule has 4 N–H and O–H groups in total. The van der Waals surface area contributed by atoms with Crippen molar-refractivity contribution in [2.24, 2.45) is 5.10 Å². The summed E-state index contributed by atoms with van der Waals surface area (Å²) in [4.78, 5) is 26.9. The van der Waals surface area contributed by atoms with E-state index in [2.05, 4.69) is 10.5 Å². The van der Waals surface area contributed by atoms with Crippen LogP contribution in [0.3, 0.4) is 0 Å². The van der Waals surface area contributed by atoms with E-state index >= 15 is 0 Å². The van der Waals surface area contributed by atoms with E-state index in [1.807, 2.05) is 16.9 Å². The van der Waals surface area contributed by atoms with Gasteiger partial charge in [-0.15, -0.1) is 0 Å². The maximum absolute atomic E-state index is 12.6. The highest BCUT2D eigenvalue weighted by Crippen LogP contribution is 2.22.